The first-order valence-corrected chi connectivity index (χ1v) is 7.06. The van der Waals surface area contributed by atoms with Crippen LogP contribution in [0.1, 0.15) is 17.2 Å². The fourth-order valence-electron chi connectivity index (χ4n) is 2.45. The molecule has 0 saturated carbocycles. The maximum Gasteiger partial charge on any atom is 0.231 e. The molecule has 3 rings (SSSR count). The van der Waals surface area contributed by atoms with Gasteiger partial charge in [0.15, 0.2) is 11.5 Å². The Balaban J connectivity index is 1.89. The summed E-state index contributed by atoms with van der Waals surface area (Å²) in [7, 11) is 1.84. The molecule has 1 N–H and O–H groups in total. The molecule has 0 bridgehead atoms. The van der Waals surface area contributed by atoms with Crippen molar-refractivity contribution in [2.75, 3.05) is 13.8 Å². The standard InChI is InChI=1S/C16H15ClFNO2/c1-19-14(8-11-12(17)3-2-4-13(11)18)10-5-6-15-16(7-10)21-9-20-15/h2-7,14,19H,8-9H2,1H3. The molecule has 0 aliphatic carbocycles. The van der Waals surface area contributed by atoms with Crippen LogP contribution >= 0.6 is 11.6 Å². The van der Waals surface area contributed by atoms with E-state index in [1.165, 1.54) is 6.07 Å². The van der Waals surface area contributed by atoms with E-state index in [9.17, 15) is 4.39 Å². The summed E-state index contributed by atoms with van der Waals surface area (Å²) >= 11 is 6.10. The molecule has 0 spiro atoms. The summed E-state index contributed by atoms with van der Waals surface area (Å²) in [6, 6.07) is 10.4. The molecule has 0 fully saturated rings. The second kappa shape index (κ2) is 5.92. The number of benzene rings is 2. The third-order valence-electron chi connectivity index (χ3n) is 3.62. The summed E-state index contributed by atoms with van der Waals surface area (Å²) in [6.45, 7) is 0.238. The van der Waals surface area contributed by atoms with E-state index in [4.69, 9.17) is 21.1 Å². The van der Waals surface area contributed by atoms with Crippen molar-refractivity contribution in [1.82, 2.24) is 5.32 Å². The molecule has 1 heterocycles. The molecule has 2 aromatic carbocycles. The Morgan fingerprint density at radius 3 is 2.81 bits per heavy atom. The Hall–Kier alpha value is -1.78. The monoisotopic (exact) mass is 307 g/mol. The lowest BCUT2D eigenvalue weighted by molar-refractivity contribution is 0.174. The third kappa shape index (κ3) is 2.82. The number of ether oxygens (including phenoxy) is 2. The molecule has 0 saturated heterocycles. The van der Waals surface area contributed by atoms with Crippen molar-refractivity contribution in [3.05, 3.63) is 58.4 Å². The molecule has 1 unspecified atom stereocenters. The van der Waals surface area contributed by atoms with Crippen LogP contribution in [0.25, 0.3) is 0 Å². The number of hydrogen-bond donors (Lipinski definition) is 1. The Morgan fingerprint density at radius 1 is 1.24 bits per heavy atom. The van der Waals surface area contributed by atoms with Gasteiger partial charge in [0.2, 0.25) is 6.79 Å². The van der Waals surface area contributed by atoms with Gasteiger partial charge in [-0.1, -0.05) is 23.7 Å². The molecule has 5 heteroatoms. The normalized spacial score (nSPS) is 14.2. The van der Waals surface area contributed by atoms with E-state index in [0.29, 0.717) is 22.8 Å². The van der Waals surface area contributed by atoms with E-state index >= 15 is 0 Å². The Morgan fingerprint density at radius 2 is 2.05 bits per heavy atom. The van der Waals surface area contributed by atoms with Crippen LogP contribution in [0.15, 0.2) is 36.4 Å². The van der Waals surface area contributed by atoms with Gasteiger partial charge in [0.05, 0.1) is 0 Å². The Labute approximate surface area is 127 Å². The van der Waals surface area contributed by atoms with Gasteiger partial charge in [0, 0.05) is 16.6 Å². The summed E-state index contributed by atoms with van der Waals surface area (Å²) in [5, 5.41) is 3.63. The number of likely N-dealkylation sites (N-methyl/N-ethyl adjacent to an activating group) is 1. The maximum absolute atomic E-state index is 13.9. The lowest BCUT2D eigenvalue weighted by Crippen LogP contribution is -2.19. The van der Waals surface area contributed by atoms with Crippen LogP contribution < -0.4 is 14.8 Å². The van der Waals surface area contributed by atoms with Gasteiger partial charge in [0.1, 0.15) is 5.82 Å². The molecule has 0 amide bonds. The lowest BCUT2D eigenvalue weighted by atomic mass is 9.98. The van der Waals surface area contributed by atoms with Crippen molar-refractivity contribution in [3.8, 4) is 11.5 Å². The van der Waals surface area contributed by atoms with Crippen molar-refractivity contribution >= 4 is 11.6 Å². The first-order chi connectivity index (χ1) is 10.2. The van der Waals surface area contributed by atoms with E-state index in [-0.39, 0.29) is 18.7 Å². The SMILES string of the molecule is CNC(Cc1c(F)cccc1Cl)c1ccc2c(c1)OCO2. The van der Waals surface area contributed by atoms with E-state index in [0.717, 1.165) is 11.3 Å². The fourth-order valence-corrected chi connectivity index (χ4v) is 2.69. The number of nitrogens with one attached hydrogen (secondary N) is 1. The number of hydrogen-bond acceptors (Lipinski definition) is 3. The molecule has 1 aliphatic rings. The predicted molar refractivity (Wildman–Crippen MR) is 79.5 cm³/mol. The van der Waals surface area contributed by atoms with Crippen LogP contribution in [0, 0.1) is 5.82 Å². The molecule has 0 aromatic heterocycles. The maximum atomic E-state index is 13.9. The zero-order chi connectivity index (χ0) is 14.8. The van der Waals surface area contributed by atoms with Crippen LogP contribution in [0.4, 0.5) is 4.39 Å². The van der Waals surface area contributed by atoms with Crippen LogP contribution in [0.3, 0.4) is 0 Å². The van der Waals surface area contributed by atoms with Crippen molar-refractivity contribution in [2.45, 2.75) is 12.5 Å². The minimum absolute atomic E-state index is 0.0612. The summed E-state index contributed by atoms with van der Waals surface area (Å²) in [5.74, 6) is 1.16. The van der Waals surface area contributed by atoms with Gasteiger partial charge in [-0.3, -0.25) is 0 Å². The van der Waals surface area contributed by atoms with Gasteiger partial charge >= 0.3 is 0 Å². The van der Waals surface area contributed by atoms with E-state index in [1.807, 2.05) is 25.2 Å². The van der Waals surface area contributed by atoms with Crippen LogP contribution in [-0.2, 0) is 6.42 Å². The number of fused-ring (bicyclic) bond motifs is 1. The van der Waals surface area contributed by atoms with Gasteiger partial charge in [-0.25, -0.2) is 4.39 Å². The van der Waals surface area contributed by atoms with Gasteiger partial charge in [0.25, 0.3) is 0 Å². The molecule has 3 nitrogen and oxygen atoms in total. The Kier molecular flexibility index (Phi) is 3.99. The second-order valence-electron chi connectivity index (χ2n) is 4.86. The van der Waals surface area contributed by atoms with E-state index < -0.39 is 0 Å². The average Bonchev–Trinajstić information content (AvgIpc) is 2.94. The molecule has 1 aliphatic heterocycles. The number of rotatable bonds is 4. The predicted octanol–water partition coefficient (Wildman–Crippen LogP) is 3.71. The summed E-state index contributed by atoms with van der Waals surface area (Å²) in [6.07, 6.45) is 0.460. The van der Waals surface area contributed by atoms with Crippen LogP contribution in [0.2, 0.25) is 5.02 Å². The molecular formula is C16H15ClFNO2. The Bertz CT molecular complexity index is 642. The van der Waals surface area contributed by atoms with Crippen molar-refractivity contribution in [3.63, 3.8) is 0 Å². The van der Waals surface area contributed by atoms with Crippen LogP contribution in [-0.4, -0.2) is 13.8 Å². The molecule has 2 aromatic rings. The molecular weight excluding hydrogens is 293 g/mol. The summed E-state index contributed by atoms with van der Waals surface area (Å²) in [5.41, 5.74) is 1.51. The largest absolute Gasteiger partial charge is 0.454 e. The highest BCUT2D eigenvalue weighted by molar-refractivity contribution is 6.31. The smallest absolute Gasteiger partial charge is 0.231 e. The minimum Gasteiger partial charge on any atom is -0.454 e. The van der Waals surface area contributed by atoms with Gasteiger partial charge in [-0.2, -0.15) is 0 Å². The molecule has 110 valence electrons. The molecule has 1 atom stereocenters. The van der Waals surface area contributed by atoms with E-state index in [1.54, 1.807) is 12.1 Å². The van der Waals surface area contributed by atoms with Gasteiger partial charge in [-0.15, -0.1) is 0 Å². The molecule has 21 heavy (non-hydrogen) atoms. The quantitative estimate of drug-likeness (QED) is 0.934. The summed E-state index contributed by atoms with van der Waals surface area (Å²) in [4.78, 5) is 0. The lowest BCUT2D eigenvalue weighted by Gasteiger charge is -2.18. The molecule has 0 radical (unpaired) electrons. The highest BCUT2D eigenvalue weighted by Gasteiger charge is 2.19. The van der Waals surface area contributed by atoms with E-state index in [2.05, 4.69) is 5.32 Å². The first-order valence-electron chi connectivity index (χ1n) is 6.68. The summed E-state index contributed by atoms with van der Waals surface area (Å²) < 4.78 is 24.6. The van der Waals surface area contributed by atoms with Gasteiger partial charge < -0.3 is 14.8 Å². The minimum atomic E-state index is -0.288. The second-order valence-corrected chi connectivity index (χ2v) is 5.27. The number of halogens is 2. The third-order valence-corrected chi connectivity index (χ3v) is 3.97. The topological polar surface area (TPSA) is 30.5 Å². The van der Waals surface area contributed by atoms with Crippen molar-refractivity contribution < 1.29 is 13.9 Å². The average molecular weight is 308 g/mol. The zero-order valence-electron chi connectivity index (χ0n) is 11.5. The van der Waals surface area contributed by atoms with Crippen molar-refractivity contribution in [1.29, 1.82) is 0 Å². The van der Waals surface area contributed by atoms with Crippen molar-refractivity contribution in [2.24, 2.45) is 0 Å². The highest BCUT2D eigenvalue weighted by atomic mass is 35.5. The first kappa shape index (κ1) is 14.2. The highest BCUT2D eigenvalue weighted by Crippen LogP contribution is 2.35. The van der Waals surface area contributed by atoms with Crippen LogP contribution in [0.5, 0.6) is 11.5 Å². The van der Waals surface area contributed by atoms with Gasteiger partial charge in [-0.05, 0) is 43.3 Å². The fraction of sp³-hybridized carbons (Fsp3) is 0.250. The zero-order valence-corrected chi connectivity index (χ0v) is 12.3.